The first-order valence-electron chi connectivity index (χ1n) is 5.04. The Morgan fingerprint density at radius 1 is 1.53 bits per heavy atom. The average molecular weight is 234 g/mol. The number of nitrogens with two attached hydrogens (primary N) is 1. The summed E-state index contributed by atoms with van der Waals surface area (Å²) in [4.78, 5) is 13.2. The normalized spacial score (nSPS) is 18.6. The van der Waals surface area contributed by atoms with Crippen molar-refractivity contribution in [3.05, 3.63) is 0 Å². The van der Waals surface area contributed by atoms with Gasteiger partial charge in [-0.3, -0.25) is 4.79 Å². The van der Waals surface area contributed by atoms with Crippen LogP contribution in [0.25, 0.3) is 0 Å². The molecule has 1 atom stereocenters. The maximum Gasteiger partial charge on any atom is 0.236 e. The minimum absolute atomic E-state index is 0.00917. The van der Waals surface area contributed by atoms with Gasteiger partial charge in [-0.05, 0) is 19.8 Å². The molecule has 88 valence electrons. The number of hydrogen-bond donors (Lipinski definition) is 1. The Bertz CT molecular complexity index is 335. The molecule has 0 heterocycles. The summed E-state index contributed by atoms with van der Waals surface area (Å²) in [5.74, 6) is -0.149. The number of rotatable bonds is 5. The van der Waals surface area contributed by atoms with Crippen molar-refractivity contribution < 1.29 is 13.2 Å². The number of carbonyl (C=O) groups excluding carboxylic acids is 1. The third-order valence-electron chi connectivity index (χ3n) is 2.42. The molecule has 1 rings (SSSR count). The summed E-state index contributed by atoms with van der Waals surface area (Å²) >= 11 is 0. The molecule has 0 radical (unpaired) electrons. The average Bonchev–Trinajstić information content (AvgIpc) is 2.85. The van der Waals surface area contributed by atoms with Gasteiger partial charge in [0.15, 0.2) is 0 Å². The fraction of sp³-hybridized carbons (Fsp3) is 0.889. The first kappa shape index (κ1) is 12.4. The van der Waals surface area contributed by atoms with Gasteiger partial charge in [-0.15, -0.1) is 0 Å². The van der Waals surface area contributed by atoms with Crippen molar-refractivity contribution >= 4 is 15.7 Å². The van der Waals surface area contributed by atoms with Crippen molar-refractivity contribution in [2.45, 2.75) is 31.8 Å². The van der Waals surface area contributed by atoms with Crippen LogP contribution in [-0.2, 0) is 14.6 Å². The molecule has 0 aromatic carbocycles. The van der Waals surface area contributed by atoms with Gasteiger partial charge in [0.25, 0.3) is 0 Å². The number of amides is 1. The monoisotopic (exact) mass is 234 g/mol. The van der Waals surface area contributed by atoms with Crippen LogP contribution in [0.5, 0.6) is 0 Å². The second-order valence-electron chi connectivity index (χ2n) is 4.18. The molecule has 1 unspecified atom stereocenters. The number of carbonyl (C=O) groups is 1. The van der Waals surface area contributed by atoms with Gasteiger partial charge >= 0.3 is 0 Å². The maximum atomic E-state index is 11.5. The van der Waals surface area contributed by atoms with Crippen molar-refractivity contribution in [3.8, 4) is 0 Å². The summed E-state index contributed by atoms with van der Waals surface area (Å²) in [6.45, 7) is 1.71. The Labute approximate surface area is 90.5 Å². The van der Waals surface area contributed by atoms with E-state index in [-0.39, 0.29) is 30.3 Å². The fourth-order valence-corrected chi connectivity index (χ4v) is 2.82. The lowest BCUT2D eigenvalue weighted by Crippen LogP contribution is -2.46. The minimum Gasteiger partial charge on any atom is -0.335 e. The Morgan fingerprint density at radius 3 is 2.40 bits per heavy atom. The van der Waals surface area contributed by atoms with Gasteiger partial charge in [-0.25, -0.2) is 8.42 Å². The second-order valence-corrected chi connectivity index (χ2v) is 6.36. The lowest BCUT2D eigenvalue weighted by atomic mass is 10.3. The molecule has 0 saturated heterocycles. The van der Waals surface area contributed by atoms with Gasteiger partial charge in [-0.2, -0.15) is 0 Å². The lowest BCUT2D eigenvalue weighted by Gasteiger charge is -2.28. The second kappa shape index (κ2) is 4.49. The lowest BCUT2D eigenvalue weighted by molar-refractivity contribution is -0.131. The molecule has 6 heteroatoms. The molecule has 5 nitrogen and oxygen atoms in total. The zero-order valence-corrected chi connectivity index (χ0v) is 9.96. The molecule has 2 N–H and O–H groups in total. The Balaban J connectivity index is 2.67. The Hall–Kier alpha value is -0.620. The van der Waals surface area contributed by atoms with E-state index in [1.807, 2.05) is 0 Å². The first-order chi connectivity index (χ1) is 6.85. The summed E-state index contributed by atoms with van der Waals surface area (Å²) < 4.78 is 22.3. The molecular formula is C9H18N2O3S. The van der Waals surface area contributed by atoms with Crippen LogP contribution in [0.1, 0.15) is 19.8 Å². The molecule has 0 aromatic heterocycles. The van der Waals surface area contributed by atoms with Crippen molar-refractivity contribution in [2.75, 3.05) is 18.6 Å². The van der Waals surface area contributed by atoms with Gasteiger partial charge in [0.2, 0.25) is 5.91 Å². The van der Waals surface area contributed by atoms with Gasteiger partial charge in [0, 0.05) is 18.3 Å². The summed E-state index contributed by atoms with van der Waals surface area (Å²) in [7, 11) is -3.05. The molecule has 1 aliphatic rings. The van der Waals surface area contributed by atoms with Crippen LogP contribution in [0, 0.1) is 0 Å². The van der Waals surface area contributed by atoms with Gasteiger partial charge < -0.3 is 10.6 Å². The molecule has 0 aromatic rings. The topological polar surface area (TPSA) is 80.5 Å². The number of hydrogen-bond acceptors (Lipinski definition) is 4. The van der Waals surface area contributed by atoms with E-state index in [0.29, 0.717) is 0 Å². The largest absolute Gasteiger partial charge is 0.335 e. The summed E-state index contributed by atoms with van der Waals surface area (Å²) in [5, 5.41) is 0. The van der Waals surface area contributed by atoms with Crippen LogP contribution >= 0.6 is 0 Å². The van der Waals surface area contributed by atoms with E-state index in [1.165, 1.54) is 6.26 Å². The van der Waals surface area contributed by atoms with Crippen LogP contribution in [0.3, 0.4) is 0 Å². The highest BCUT2D eigenvalue weighted by Gasteiger charge is 2.35. The molecule has 0 spiro atoms. The third-order valence-corrected chi connectivity index (χ3v) is 3.51. The third kappa shape index (κ3) is 3.79. The highest BCUT2D eigenvalue weighted by Crippen LogP contribution is 2.28. The predicted molar refractivity (Wildman–Crippen MR) is 58.1 cm³/mol. The van der Waals surface area contributed by atoms with E-state index in [9.17, 15) is 13.2 Å². The molecule has 0 aliphatic heterocycles. The highest BCUT2D eigenvalue weighted by molar-refractivity contribution is 7.90. The van der Waals surface area contributed by atoms with Crippen molar-refractivity contribution in [3.63, 3.8) is 0 Å². The molecule has 1 saturated carbocycles. The van der Waals surface area contributed by atoms with Crippen LogP contribution in [0.4, 0.5) is 0 Å². The summed E-state index contributed by atoms with van der Waals surface area (Å²) in [5.41, 5.74) is 5.30. The molecule has 1 aliphatic carbocycles. The predicted octanol–water partition coefficient (Wildman–Crippen LogP) is -0.631. The Kier molecular flexibility index (Phi) is 3.72. The summed E-state index contributed by atoms with van der Waals surface area (Å²) in [6.07, 6.45) is 3.10. The highest BCUT2D eigenvalue weighted by atomic mass is 32.2. The van der Waals surface area contributed by atoms with Crippen molar-refractivity contribution in [1.82, 2.24) is 4.90 Å². The van der Waals surface area contributed by atoms with Gasteiger partial charge in [0.05, 0.1) is 12.3 Å². The molecular weight excluding hydrogens is 216 g/mol. The van der Waals surface area contributed by atoms with E-state index < -0.39 is 9.84 Å². The molecule has 1 amide bonds. The SMILES string of the molecule is CC(CS(C)(=O)=O)N(C(=O)CN)C1CC1. The summed E-state index contributed by atoms with van der Waals surface area (Å²) in [6, 6.07) is -0.0682. The maximum absolute atomic E-state index is 11.5. The fourth-order valence-electron chi connectivity index (χ4n) is 1.79. The molecule has 1 fully saturated rings. The zero-order valence-electron chi connectivity index (χ0n) is 9.14. The first-order valence-corrected chi connectivity index (χ1v) is 7.10. The smallest absolute Gasteiger partial charge is 0.236 e. The molecule has 0 bridgehead atoms. The minimum atomic E-state index is -3.05. The zero-order chi connectivity index (χ0) is 11.6. The quantitative estimate of drug-likeness (QED) is 0.686. The standard InChI is InChI=1S/C9H18N2O3S/c1-7(6-15(2,13)14)11(8-3-4-8)9(12)5-10/h7-8H,3-6,10H2,1-2H3. The number of sulfone groups is 1. The molecule has 15 heavy (non-hydrogen) atoms. The van der Waals surface area contributed by atoms with E-state index >= 15 is 0 Å². The Morgan fingerprint density at radius 2 is 2.07 bits per heavy atom. The van der Waals surface area contributed by atoms with Crippen LogP contribution in [0.15, 0.2) is 0 Å². The van der Waals surface area contributed by atoms with E-state index in [1.54, 1.807) is 11.8 Å². The van der Waals surface area contributed by atoms with E-state index in [4.69, 9.17) is 5.73 Å². The van der Waals surface area contributed by atoms with Crippen LogP contribution in [0.2, 0.25) is 0 Å². The number of nitrogens with zero attached hydrogens (tertiary/aromatic N) is 1. The van der Waals surface area contributed by atoms with Crippen molar-refractivity contribution in [2.24, 2.45) is 5.73 Å². The van der Waals surface area contributed by atoms with E-state index in [2.05, 4.69) is 0 Å². The van der Waals surface area contributed by atoms with Crippen molar-refractivity contribution in [1.29, 1.82) is 0 Å². The van der Waals surface area contributed by atoms with Gasteiger partial charge in [0.1, 0.15) is 9.84 Å². The van der Waals surface area contributed by atoms with Crippen LogP contribution in [-0.4, -0.2) is 49.9 Å². The van der Waals surface area contributed by atoms with Crippen LogP contribution < -0.4 is 5.73 Å². The van der Waals surface area contributed by atoms with Gasteiger partial charge in [-0.1, -0.05) is 0 Å². The van der Waals surface area contributed by atoms with E-state index in [0.717, 1.165) is 12.8 Å².